The van der Waals surface area contributed by atoms with Crippen LogP contribution in [0.15, 0.2) is 66.7 Å². The molecule has 0 saturated heterocycles. The predicted molar refractivity (Wildman–Crippen MR) is 132 cm³/mol. The first-order valence-electron chi connectivity index (χ1n) is 9.91. The zero-order valence-electron chi connectivity index (χ0n) is 17.8. The zero-order chi connectivity index (χ0) is 23.4. The van der Waals surface area contributed by atoms with E-state index >= 15 is 0 Å². The zero-order valence-corrected chi connectivity index (χ0v) is 19.3. The summed E-state index contributed by atoms with van der Waals surface area (Å²) in [5.41, 5.74) is 2.67. The van der Waals surface area contributed by atoms with Crippen molar-refractivity contribution in [3.63, 3.8) is 0 Å². The van der Waals surface area contributed by atoms with Crippen molar-refractivity contribution in [2.24, 2.45) is 0 Å². The number of benzene rings is 3. The van der Waals surface area contributed by atoms with Crippen LogP contribution in [0, 0.1) is 0 Å². The van der Waals surface area contributed by atoms with Crippen molar-refractivity contribution in [1.29, 1.82) is 0 Å². The van der Waals surface area contributed by atoms with Gasteiger partial charge in [-0.15, -0.1) is 0 Å². The van der Waals surface area contributed by atoms with Gasteiger partial charge in [-0.2, -0.15) is 4.98 Å². The Bertz CT molecular complexity index is 1360. The smallest absolute Gasteiger partial charge is 0.224 e. The second-order valence-corrected chi connectivity index (χ2v) is 7.80. The fourth-order valence-electron chi connectivity index (χ4n) is 3.25. The molecule has 0 aliphatic heterocycles. The van der Waals surface area contributed by atoms with Gasteiger partial charge in [0.15, 0.2) is 17.3 Å². The van der Waals surface area contributed by atoms with Gasteiger partial charge in [-0.1, -0.05) is 41.9 Å². The van der Waals surface area contributed by atoms with Gasteiger partial charge in [0, 0.05) is 27.7 Å². The lowest BCUT2D eigenvalue weighted by molar-refractivity contribution is 0.104. The largest absolute Gasteiger partial charge is 0.493 e. The van der Waals surface area contributed by atoms with Crippen LogP contribution in [-0.4, -0.2) is 30.0 Å². The fraction of sp³-hybridized carbons (Fsp3) is 0.0800. The van der Waals surface area contributed by atoms with E-state index in [4.69, 9.17) is 32.7 Å². The van der Waals surface area contributed by atoms with Gasteiger partial charge in [-0.05, 0) is 53.6 Å². The summed E-state index contributed by atoms with van der Waals surface area (Å²) in [5.74, 6) is 1.42. The Hall–Kier alpha value is -3.61. The van der Waals surface area contributed by atoms with E-state index in [-0.39, 0.29) is 11.1 Å². The van der Waals surface area contributed by atoms with Crippen molar-refractivity contribution in [3.05, 3.63) is 88.2 Å². The number of nitrogens with zero attached hydrogens (tertiary/aromatic N) is 2. The minimum Gasteiger partial charge on any atom is -0.493 e. The third-order valence-electron chi connectivity index (χ3n) is 4.88. The van der Waals surface area contributed by atoms with Gasteiger partial charge in [0.05, 0.1) is 19.7 Å². The van der Waals surface area contributed by atoms with Gasteiger partial charge in [-0.3, -0.25) is 4.79 Å². The maximum absolute atomic E-state index is 12.7. The van der Waals surface area contributed by atoms with Crippen LogP contribution in [0.3, 0.4) is 0 Å². The molecule has 0 unspecified atom stereocenters. The first-order valence-corrected chi connectivity index (χ1v) is 10.7. The number of methoxy groups -OCH3 is 2. The maximum Gasteiger partial charge on any atom is 0.224 e. The molecule has 3 aromatic carbocycles. The van der Waals surface area contributed by atoms with E-state index in [1.807, 2.05) is 18.2 Å². The number of hydrogen-bond donors (Lipinski definition) is 1. The Morgan fingerprint density at radius 2 is 1.67 bits per heavy atom. The van der Waals surface area contributed by atoms with Crippen molar-refractivity contribution in [1.82, 2.24) is 9.97 Å². The van der Waals surface area contributed by atoms with Gasteiger partial charge < -0.3 is 14.8 Å². The molecule has 166 valence electrons. The number of rotatable bonds is 7. The van der Waals surface area contributed by atoms with E-state index in [1.54, 1.807) is 62.8 Å². The van der Waals surface area contributed by atoms with Crippen LogP contribution in [0.25, 0.3) is 17.0 Å². The molecular formula is C25H19Cl2N3O3. The summed E-state index contributed by atoms with van der Waals surface area (Å²) in [5, 5.41) is 4.64. The molecule has 1 heterocycles. The Morgan fingerprint density at radius 1 is 0.939 bits per heavy atom. The number of anilines is 2. The minimum atomic E-state index is -0.134. The number of hydrogen-bond acceptors (Lipinski definition) is 6. The highest BCUT2D eigenvalue weighted by Crippen LogP contribution is 2.35. The van der Waals surface area contributed by atoms with Crippen molar-refractivity contribution < 1.29 is 14.3 Å². The maximum atomic E-state index is 12.7. The SMILES string of the molecule is COc1cc2nc(Cl)nc(Nc3cccc(C(=O)/C=C/c4ccc(Cl)cc4)c3)c2cc1OC. The number of carbonyl (C=O) groups excluding carboxylic acids is 1. The molecule has 0 aliphatic rings. The first-order chi connectivity index (χ1) is 16.0. The van der Waals surface area contributed by atoms with Crippen molar-refractivity contribution in [2.45, 2.75) is 0 Å². The average molecular weight is 480 g/mol. The number of carbonyl (C=O) groups is 1. The summed E-state index contributed by atoms with van der Waals surface area (Å²) < 4.78 is 10.7. The molecular weight excluding hydrogens is 461 g/mol. The summed E-state index contributed by atoms with van der Waals surface area (Å²) in [4.78, 5) is 21.3. The molecule has 0 saturated carbocycles. The van der Waals surface area contributed by atoms with Crippen LogP contribution >= 0.6 is 23.2 Å². The van der Waals surface area contributed by atoms with E-state index in [0.717, 1.165) is 5.56 Å². The van der Waals surface area contributed by atoms with Gasteiger partial charge in [-0.25, -0.2) is 4.98 Å². The van der Waals surface area contributed by atoms with E-state index < -0.39 is 0 Å². The Balaban J connectivity index is 1.63. The molecule has 1 aromatic heterocycles. The van der Waals surface area contributed by atoms with E-state index in [2.05, 4.69) is 15.3 Å². The number of ketones is 1. The van der Waals surface area contributed by atoms with Gasteiger partial charge in [0.25, 0.3) is 0 Å². The van der Waals surface area contributed by atoms with Gasteiger partial charge in [0.2, 0.25) is 5.28 Å². The molecule has 0 spiro atoms. The molecule has 0 radical (unpaired) electrons. The molecule has 0 bridgehead atoms. The summed E-state index contributed by atoms with van der Waals surface area (Å²) >= 11 is 12.0. The molecule has 0 fully saturated rings. The van der Waals surface area contributed by atoms with Crippen molar-refractivity contribution in [2.75, 3.05) is 19.5 Å². The van der Waals surface area contributed by atoms with E-state index in [1.165, 1.54) is 6.08 Å². The van der Waals surface area contributed by atoms with Gasteiger partial charge in [0.1, 0.15) is 5.82 Å². The molecule has 1 N–H and O–H groups in total. The summed E-state index contributed by atoms with van der Waals surface area (Å²) in [7, 11) is 3.11. The highest BCUT2D eigenvalue weighted by Gasteiger charge is 2.13. The average Bonchev–Trinajstić information content (AvgIpc) is 2.82. The van der Waals surface area contributed by atoms with E-state index in [0.29, 0.717) is 44.5 Å². The number of aromatic nitrogens is 2. The quantitative estimate of drug-likeness (QED) is 0.183. The molecule has 8 heteroatoms. The number of fused-ring (bicyclic) bond motifs is 1. The third-order valence-corrected chi connectivity index (χ3v) is 5.30. The molecule has 6 nitrogen and oxygen atoms in total. The van der Waals surface area contributed by atoms with Gasteiger partial charge >= 0.3 is 0 Å². The van der Waals surface area contributed by atoms with Crippen molar-refractivity contribution >= 4 is 57.5 Å². The third kappa shape index (κ3) is 5.25. The first kappa shape index (κ1) is 22.6. The summed E-state index contributed by atoms with van der Waals surface area (Å²) in [6, 6.07) is 17.9. The van der Waals surface area contributed by atoms with Crippen LogP contribution in [0.5, 0.6) is 11.5 Å². The van der Waals surface area contributed by atoms with E-state index in [9.17, 15) is 4.79 Å². The van der Waals surface area contributed by atoms with Crippen molar-refractivity contribution in [3.8, 4) is 11.5 Å². The molecule has 4 rings (SSSR count). The van der Waals surface area contributed by atoms with Crippen LogP contribution in [-0.2, 0) is 0 Å². The lowest BCUT2D eigenvalue weighted by Gasteiger charge is -2.13. The summed E-state index contributed by atoms with van der Waals surface area (Å²) in [6.07, 6.45) is 3.27. The minimum absolute atomic E-state index is 0.0790. The fourth-order valence-corrected chi connectivity index (χ4v) is 3.55. The Labute approximate surface area is 200 Å². The van der Waals surface area contributed by atoms with Crippen LogP contribution in [0.2, 0.25) is 10.3 Å². The Morgan fingerprint density at radius 3 is 2.39 bits per heavy atom. The molecule has 0 aliphatic carbocycles. The molecule has 0 atom stereocenters. The predicted octanol–water partition coefficient (Wildman–Crippen LogP) is 6.59. The molecule has 33 heavy (non-hydrogen) atoms. The second-order valence-electron chi connectivity index (χ2n) is 7.02. The monoisotopic (exact) mass is 479 g/mol. The Kier molecular flexibility index (Phi) is 6.77. The standard InChI is InChI=1S/C25H19Cl2N3O3/c1-32-22-13-19-20(14-23(22)33-2)29-25(27)30-24(19)28-18-5-3-4-16(12-18)21(31)11-8-15-6-9-17(26)10-7-15/h3-14H,1-2H3,(H,28,29,30)/b11-8+. The van der Waals surface area contributed by atoms with Crippen LogP contribution < -0.4 is 14.8 Å². The number of allylic oxidation sites excluding steroid dienone is 1. The number of halogens is 2. The van der Waals surface area contributed by atoms with Crippen LogP contribution in [0.4, 0.5) is 11.5 Å². The lowest BCUT2D eigenvalue weighted by atomic mass is 10.1. The second kappa shape index (κ2) is 9.90. The highest BCUT2D eigenvalue weighted by molar-refractivity contribution is 6.30. The highest BCUT2D eigenvalue weighted by atomic mass is 35.5. The van der Waals surface area contributed by atoms with Crippen LogP contribution in [0.1, 0.15) is 15.9 Å². The molecule has 4 aromatic rings. The summed E-state index contributed by atoms with van der Waals surface area (Å²) in [6.45, 7) is 0. The topological polar surface area (TPSA) is 73.3 Å². The molecule has 0 amide bonds. The lowest BCUT2D eigenvalue weighted by Crippen LogP contribution is -2.00. The normalized spacial score (nSPS) is 11.0. The number of nitrogens with one attached hydrogen (secondary N) is 1. The number of ether oxygens (including phenoxy) is 2.